The molecule has 10 heteroatoms. The van der Waals surface area contributed by atoms with Gasteiger partial charge in [0.1, 0.15) is 11.6 Å². The zero-order valence-electron chi connectivity index (χ0n) is 17.2. The van der Waals surface area contributed by atoms with Gasteiger partial charge < -0.3 is 10.2 Å². The number of urea groups is 1. The Morgan fingerprint density at radius 2 is 1.97 bits per heavy atom. The predicted octanol–water partition coefficient (Wildman–Crippen LogP) is 3.36. The minimum absolute atomic E-state index is 0.0218. The standard InChI is InChI=1S/C21H24FN7O2/c1-2-28-14-15(13-24-28)20(30)27-10-7-18(8-11-27)29-19(6-9-23-29)26-21(31)25-17-5-3-4-16(22)12-17/h3-6,9,12-14,18H,2,7-8,10-11H2,1H3,(H2,25,26,31). The number of halogens is 1. The van der Waals surface area contributed by atoms with Crippen LogP contribution in [0.25, 0.3) is 0 Å². The third kappa shape index (κ3) is 4.73. The monoisotopic (exact) mass is 425 g/mol. The predicted molar refractivity (Wildman–Crippen MR) is 113 cm³/mol. The number of aromatic nitrogens is 4. The van der Waals surface area contributed by atoms with E-state index in [0.717, 1.165) is 19.4 Å². The van der Waals surface area contributed by atoms with Crippen LogP contribution in [0.15, 0.2) is 48.9 Å². The number of benzene rings is 1. The zero-order chi connectivity index (χ0) is 21.8. The Bertz CT molecular complexity index is 1070. The average Bonchev–Trinajstić information content (AvgIpc) is 3.43. The molecule has 3 heterocycles. The van der Waals surface area contributed by atoms with Gasteiger partial charge >= 0.3 is 6.03 Å². The lowest BCUT2D eigenvalue weighted by Crippen LogP contribution is -2.39. The fraction of sp³-hybridized carbons (Fsp3) is 0.333. The lowest BCUT2D eigenvalue weighted by atomic mass is 10.0. The van der Waals surface area contributed by atoms with Crippen LogP contribution in [0, 0.1) is 5.82 Å². The molecular weight excluding hydrogens is 401 g/mol. The summed E-state index contributed by atoms with van der Waals surface area (Å²) < 4.78 is 16.8. The Morgan fingerprint density at radius 3 is 2.68 bits per heavy atom. The topological polar surface area (TPSA) is 97.1 Å². The maximum absolute atomic E-state index is 13.3. The van der Waals surface area contributed by atoms with Crippen LogP contribution in [-0.4, -0.2) is 49.5 Å². The van der Waals surface area contributed by atoms with E-state index in [1.54, 1.807) is 40.1 Å². The van der Waals surface area contributed by atoms with E-state index in [9.17, 15) is 14.0 Å². The number of aryl methyl sites for hydroxylation is 1. The normalized spacial score (nSPS) is 14.5. The fourth-order valence-electron chi connectivity index (χ4n) is 3.69. The Hall–Kier alpha value is -3.69. The highest BCUT2D eigenvalue weighted by atomic mass is 19.1. The molecule has 0 saturated carbocycles. The highest BCUT2D eigenvalue weighted by molar-refractivity contribution is 5.99. The van der Waals surface area contributed by atoms with Crippen molar-refractivity contribution < 1.29 is 14.0 Å². The second-order valence-electron chi connectivity index (χ2n) is 7.36. The highest BCUT2D eigenvalue weighted by Crippen LogP contribution is 2.26. The second kappa shape index (κ2) is 8.99. The molecule has 0 unspecified atom stereocenters. The number of carbonyl (C=O) groups is 2. The minimum Gasteiger partial charge on any atom is -0.338 e. The Kier molecular flexibility index (Phi) is 5.96. The first kappa shape index (κ1) is 20.6. The van der Waals surface area contributed by atoms with Crippen LogP contribution in [0.2, 0.25) is 0 Å². The first-order valence-electron chi connectivity index (χ1n) is 10.2. The number of nitrogens with one attached hydrogen (secondary N) is 2. The van der Waals surface area contributed by atoms with Gasteiger partial charge in [0, 0.05) is 37.6 Å². The van der Waals surface area contributed by atoms with E-state index in [1.165, 1.54) is 18.2 Å². The van der Waals surface area contributed by atoms with Gasteiger partial charge in [-0.3, -0.25) is 14.8 Å². The van der Waals surface area contributed by atoms with Crippen LogP contribution >= 0.6 is 0 Å². The Balaban J connectivity index is 1.35. The second-order valence-corrected chi connectivity index (χ2v) is 7.36. The fourth-order valence-corrected chi connectivity index (χ4v) is 3.69. The molecule has 1 aromatic carbocycles. The van der Waals surface area contributed by atoms with Gasteiger partial charge in [-0.25, -0.2) is 13.9 Å². The van der Waals surface area contributed by atoms with Crippen LogP contribution in [0.3, 0.4) is 0 Å². The Morgan fingerprint density at radius 1 is 1.16 bits per heavy atom. The van der Waals surface area contributed by atoms with Crippen LogP contribution in [0.1, 0.15) is 36.2 Å². The summed E-state index contributed by atoms with van der Waals surface area (Å²) in [5.74, 6) is 0.0977. The summed E-state index contributed by atoms with van der Waals surface area (Å²) >= 11 is 0. The number of hydrogen-bond donors (Lipinski definition) is 2. The largest absolute Gasteiger partial charge is 0.338 e. The zero-order valence-corrected chi connectivity index (χ0v) is 17.2. The minimum atomic E-state index is -0.479. The summed E-state index contributed by atoms with van der Waals surface area (Å²) in [6.07, 6.45) is 6.42. The van der Waals surface area contributed by atoms with E-state index in [0.29, 0.717) is 30.2 Å². The third-order valence-corrected chi connectivity index (χ3v) is 5.30. The third-order valence-electron chi connectivity index (χ3n) is 5.30. The molecule has 1 aliphatic rings. The van der Waals surface area contributed by atoms with Crippen molar-refractivity contribution in [1.82, 2.24) is 24.5 Å². The number of piperidine rings is 1. The molecule has 162 valence electrons. The molecule has 4 rings (SSSR count). The number of likely N-dealkylation sites (tertiary alicyclic amines) is 1. The van der Waals surface area contributed by atoms with Crippen molar-refractivity contribution in [2.24, 2.45) is 0 Å². The molecule has 31 heavy (non-hydrogen) atoms. The molecule has 0 spiro atoms. The number of hydrogen-bond acceptors (Lipinski definition) is 4. The molecule has 1 saturated heterocycles. The molecule has 2 N–H and O–H groups in total. The summed E-state index contributed by atoms with van der Waals surface area (Å²) in [5, 5.41) is 13.9. The molecule has 0 atom stereocenters. The molecule has 1 aliphatic heterocycles. The van der Waals surface area contributed by atoms with Gasteiger partial charge in [-0.05, 0) is 38.0 Å². The lowest BCUT2D eigenvalue weighted by molar-refractivity contribution is 0.0691. The highest BCUT2D eigenvalue weighted by Gasteiger charge is 2.27. The number of nitrogens with zero attached hydrogens (tertiary/aromatic N) is 5. The molecule has 0 bridgehead atoms. The molecule has 3 amide bonds. The van der Waals surface area contributed by atoms with Gasteiger partial charge in [-0.15, -0.1) is 0 Å². The van der Waals surface area contributed by atoms with Crippen LogP contribution in [0.4, 0.5) is 20.7 Å². The summed E-state index contributed by atoms with van der Waals surface area (Å²) in [6, 6.07) is 6.98. The van der Waals surface area contributed by atoms with Crippen molar-refractivity contribution in [3.63, 3.8) is 0 Å². The van der Waals surface area contributed by atoms with E-state index in [4.69, 9.17) is 0 Å². The first-order valence-corrected chi connectivity index (χ1v) is 10.2. The number of rotatable bonds is 5. The van der Waals surface area contributed by atoms with Gasteiger partial charge in [0.25, 0.3) is 5.91 Å². The van der Waals surface area contributed by atoms with Crippen molar-refractivity contribution in [3.05, 3.63) is 60.3 Å². The van der Waals surface area contributed by atoms with E-state index in [-0.39, 0.29) is 11.9 Å². The number of anilines is 2. The first-order chi connectivity index (χ1) is 15.0. The van der Waals surface area contributed by atoms with Gasteiger partial charge in [0.2, 0.25) is 0 Å². The molecule has 0 aliphatic carbocycles. The molecule has 9 nitrogen and oxygen atoms in total. The van der Waals surface area contributed by atoms with Crippen LogP contribution in [-0.2, 0) is 6.54 Å². The van der Waals surface area contributed by atoms with Gasteiger partial charge in [0.05, 0.1) is 24.0 Å². The Labute approximate surface area is 178 Å². The summed E-state index contributed by atoms with van der Waals surface area (Å²) in [5.41, 5.74) is 0.956. The molecule has 0 radical (unpaired) electrons. The van der Waals surface area contributed by atoms with Crippen LogP contribution in [0.5, 0.6) is 0 Å². The summed E-state index contributed by atoms with van der Waals surface area (Å²) in [6.45, 7) is 3.88. The molecular formula is C21H24FN7O2. The maximum Gasteiger partial charge on any atom is 0.324 e. The maximum atomic E-state index is 13.3. The van der Waals surface area contributed by atoms with Crippen molar-refractivity contribution in [3.8, 4) is 0 Å². The summed E-state index contributed by atoms with van der Waals surface area (Å²) in [4.78, 5) is 26.8. The molecule has 2 aromatic heterocycles. The number of carbonyl (C=O) groups excluding carboxylic acids is 2. The van der Waals surface area contributed by atoms with E-state index < -0.39 is 11.8 Å². The summed E-state index contributed by atoms with van der Waals surface area (Å²) in [7, 11) is 0. The number of amides is 3. The molecule has 1 fully saturated rings. The van der Waals surface area contributed by atoms with Crippen molar-refractivity contribution >= 4 is 23.4 Å². The van der Waals surface area contributed by atoms with Crippen LogP contribution < -0.4 is 10.6 Å². The average molecular weight is 425 g/mol. The van der Waals surface area contributed by atoms with Crippen molar-refractivity contribution in [2.45, 2.75) is 32.4 Å². The van der Waals surface area contributed by atoms with Gasteiger partial charge in [0.15, 0.2) is 0 Å². The van der Waals surface area contributed by atoms with Gasteiger partial charge in [-0.2, -0.15) is 10.2 Å². The van der Waals surface area contributed by atoms with Crippen molar-refractivity contribution in [2.75, 3.05) is 23.7 Å². The quantitative estimate of drug-likeness (QED) is 0.655. The van der Waals surface area contributed by atoms with Gasteiger partial charge in [-0.1, -0.05) is 6.07 Å². The van der Waals surface area contributed by atoms with E-state index in [1.807, 2.05) is 11.8 Å². The molecule has 3 aromatic rings. The van der Waals surface area contributed by atoms with E-state index in [2.05, 4.69) is 20.8 Å². The smallest absolute Gasteiger partial charge is 0.324 e. The van der Waals surface area contributed by atoms with E-state index >= 15 is 0 Å². The van der Waals surface area contributed by atoms with Crippen molar-refractivity contribution in [1.29, 1.82) is 0 Å². The SMILES string of the molecule is CCn1cc(C(=O)N2CCC(n3nccc3NC(=O)Nc3cccc(F)c3)CC2)cn1. The lowest BCUT2D eigenvalue weighted by Gasteiger charge is -2.32.